The minimum absolute atomic E-state index is 0.0308. The molecule has 0 bridgehead atoms. The Bertz CT molecular complexity index is 561. The highest BCUT2D eigenvalue weighted by atomic mass is 32.2. The van der Waals surface area contributed by atoms with Gasteiger partial charge in [0.2, 0.25) is 10.0 Å². The highest BCUT2D eigenvalue weighted by molar-refractivity contribution is 7.89. The van der Waals surface area contributed by atoms with Crippen molar-refractivity contribution in [1.82, 2.24) is 9.21 Å². The molecule has 0 aliphatic heterocycles. The van der Waals surface area contributed by atoms with Crippen LogP contribution >= 0.6 is 0 Å². The first kappa shape index (κ1) is 18.0. The van der Waals surface area contributed by atoms with Crippen LogP contribution in [0.25, 0.3) is 0 Å². The zero-order valence-corrected chi connectivity index (χ0v) is 13.7. The molecule has 21 heavy (non-hydrogen) atoms. The molecule has 0 radical (unpaired) electrons. The van der Waals surface area contributed by atoms with Crippen LogP contribution in [-0.2, 0) is 16.6 Å². The minimum Gasteiger partial charge on any atom is -0.326 e. The number of sulfonamides is 1. The van der Waals surface area contributed by atoms with Gasteiger partial charge in [-0.05, 0) is 44.8 Å². The van der Waals surface area contributed by atoms with Gasteiger partial charge in [-0.2, -0.15) is 4.31 Å². The number of halogens is 1. The standard InChI is InChI=1S/C14H24FN3O2S/c1-4-18(9-5-8-17(2)3)21(19,20)14-10-13(15)7-6-12(14)11-16/h6-7,10H,4-5,8-9,11,16H2,1-3H3. The van der Waals surface area contributed by atoms with E-state index < -0.39 is 15.8 Å². The summed E-state index contributed by atoms with van der Waals surface area (Å²) in [4.78, 5) is 1.96. The van der Waals surface area contributed by atoms with Gasteiger partial charge in [0.1, 0.15) is 5.82 Å². The molecule has 0 aromatic heterocycles. The van der Waals surface area contributed by atoms with Crippen molar-refractivity contribution < 1.29 is 12.8 Å². The average molecular weight is 317 g/mol. The molecule has 5 nitrogen and oxygen atoms in total. The van der Waals surface area contributed by atoms with Gasteiger partial charge in [-0.25, -0.2) is 12.8 Å². The van der Waals surface area contributed by atoms with Crippen molar-refractivity contribution in [3.05, 3.63) is 29.6 Å². The van der Waals surface area contributed by atoms with Crippen molar-refractivity contribution in [1.29, 1.82) is 0 Å². The molecule has 7 heteroatoms. The van der Waals surface area contributed by atoms with Crippen LogP contribution in [0.15, 0.2) is 23.1 Å². The second-order valence-corrected chi connectivity index (χ2v) is 7.02. The molecule has 0 spiro atoms. The van der Waals surface area contributed by atoms with Crippen molar-refractivity contribution in [2.45, 2.75) is 24.8 Å². The van der Waals surface area contributed by atoms with Crippen LogP contribution < -0.4 is 5.73 Å². The van der Waals surface area contributed by atoms with E-state index in [1.807, 2.05) is 19.0 Å². The van der Waals surface area contributed by atoms with Gasteiger partial charge in [0, 0.05) is 19.6 Å². The third-order valence-electron chi connectivity index (χ3n) is 3.23. The summed E-state index contributed by atoms with van der Waals surface area (Å²) in [7, 11) is 0.149. The Morgan fingerprint density at radius 2 is 1.90 bits per heavy atom. The molecule has 0 atom stereocenters. The van der Waals surface area contributed by atoms with Crippen LogP contribution in [0.3, 0.4) is 0 Å². The third-order valence-corrected chi connectivity index (χ3v) is 5.29. The molecule has 0 aliphatic rings. The van der Waals surface area contributed by atoms with E-state index in [0.29, 0.717) is 25.1 Å². The van der Waals surface area contributed by atoms with E-state index in [1.54, 1.807) is 6.92 Å². The molecule has 0 saturated heterocycles. The fraction of sp³-hybridized carbons (Fsp3) is 0.571. The van der Waals surface area contributed by atoms with E-state index in [2.05, 4.69) is 0 Å². The predicted molar refractivity (Wildman–Crippen MR) is 81.9 cm³/mol. The quantitative estimate of drug-likeness (QED) is 0.783. The van der Waals surface area contributed by atoms with E-state index >= 15 is 0 Å². The fourth-order valence-electron chi connectivity index (χ4n) is 2.09. The Morgan fingerprint density at radius 1 is 1.24 bits per heavy atom. The molecule has 0 heterocycles. The van der Waals surface area contributed by atoms with Crippen LogP contribution in [-0.4, -0.2) is 51.4 Å². The molecule has 0 aliphatic carbocycles. The highest BCUT2D eigenvalue weighted by Gasteiger charge is 2.25. The lowest BCUT2D eigenvalue weighted by molar-refractivity contribution is 0.356. The number of hydrogen-bond acceptors (Lipinski definition) is 4. The largest absolute Gasteiger partial charge is 0.326 e. The van der Waals surface area contributed by atoms with E-state index in [9.17, 15) is 12.8 Å². The van der Waals surface area contributed by atoms with Gasteiger partial charge in [0.05, 0.1) is 4.90 Å². The smallest absolute Gasteiger partial charge is 0.243 e. The summed E-state index contributed by atoms with van der Waals surface area (Å²) in [5, 5.41) is 0. The van der Waals surface area contributed by atoms with Crippen LogP contribution in [0.2, 0.25) is 0 Å². The number of nitrogens with zero attached hydrogens (tertiary/aromatic N) is 2. The average Bonchev–Trinajstić information content (AvgIpc) is 2.43. The maximum Gasteiger partial charge on any atom is 0.243 e. The van der Waals surface area contributed by atoms with Gasteiger partial charge in [0.25, 0.3) is 0 Å². The van der Waals surface area contributed by atoms with Crippen LogP contribution in [0, 0.1) is 5.82 Å². The maximum atomic E-state index is 13.4. The summed E-state index contributed by atoms with van der Waals surface area (Å²) < 4.78 is 40.1. The molecule has 0 saturated carbocycles. The van der Waals surface area contributed by atoms with Gasteiger partial charge in [-0.3, -0.25) is 0 Å². The van der Waals surface area contributed by atoms with Gasteiger partial charge in [-0.15, -0.1) is 0 Å². The lowest BCUT2D eigenvalue weighted by atomic mass is 10.2. The lowest BCUT2D eigenvalue weighted by Gasteiger charge is -2.22. The predicted octanol–water partition coefficient (Wildman–Crippen LogP) is 1.25. The van der Waals surface area contributed by atoms with Gasteiger partial charge < -0.3 is 10.6 Å². The maximum absolute atomic E-state index is 13.4. The minimum atomic E-state index is -3.72. The Labute approximate surface area is 126 Å². The van der Waals surface area contributed by atoms with Crippen LogP contribution in [0.4, 0.5) is 4.39 Å². The number of nitrogens with two attached hydrogens (primary N) is 1. The van der Waals surface area contributed by atoms with E-state index in [0.717, 1.165) is 12.6 Å². The highest BCUT2D eigenvalue weighted by Crippen LogP contribution is 2.21. The Kier molecular flexibility index (Phi) is 6.73. The fourth-order valence-corrected chi connectivity index (χ4v) is 3.82. The van der Waals surface area contributed by atoms with Crippen molar-refractivity contribution in [3.63, 3.8) is 0 Å². The molecular weight excluding hydrogens is 293 g/mol. The molecular formula is C14H24FN3O2S. The SMILES string of the molecule is CCN(CCCN(C)C)S(=O)(=O)c1cc(F)ccc1CN. The Morgan fingerprint density at radius 3 is 2.43 bits per heavy atom. The van der Waals surface area contributed by atoms with Crippen molar-refractivity contribution in [3.8, 4) is 0 Å². The van der Waals surface area contributed by atoms with Gasteiger partial charge in [-0.1, -0.05) is 13.0 Å². The molecule has 1 rings (SSSR count). The second-order valence-electron chi connectivity index (χ2n) is 5.11. The summed E-state index contributed by atoms with van der Waals surface area (Å²) in [6, 6.07) is 3.70. The number of benzene rings is 1. The first-order chi connectivity index (χ1) is 9.82. The van der Waals surface area contributed by atoms with Crippen LogP contribution in [0.1, 0.15) is 18.9 Å². The summed E-state index contributed by atoms with van der Waals surface area (Å²) in [5.74, 6) is -0.574. The lowest BCUT2D eigenvalue weighted by Crippen LogP contribution is -2.34. The first-order valence-corrected chi connectivity index (χ1v) is 8.40. The molecule has 1 aromatic rings. The van der Waals surface area contributed by atoms with Gasteiger partial charge >= 0.3 is 0 Å². The zero-order valence-electron chi connectivity index (χ0n) is 12.8. The Hall–Kier alpha value is -1.02. The van der Waals surface area contributed by atoms with Crippen molar-refractivity contribution >= 4 is 10.0 Å². The molecule has 0 amide bonds. The molecule has 1 aromatic carbocycles. The monoisotopic (exact) mass is 317 g/mol. The summed E-state index contributed by atoms with van der Waals surface area (Å²) in [6.45, 7) is 3.37. The van der Waals surface area contributed by atoms with E-state index in [4.69, 9.17) is 5.73 Å². The van der Waals surface area contributed by atoms with Crippen molar-refractivity contribution in [2.24, 2.45) is 5.73 Å². The summed E-state index contributed by atoms with van der Waals surface area (Å²) in [5.41, 5.74) is 6.00. The Balaban J connectivity index is 3.04. The van der Waals surface area contributed by atoms with Crippen LogP contribution in [0.5, 0.6) is 0 Å². The summed E-state index contributed by atoms with van der Waals surface area (Å²) >= 11 is 0. The normalized spacial score (nSPS) is 12.3. The molecule has 0 unspecified atom stereocenters. The second kappa shape index (κ2) is 7.84. The number of hydrogen-bond donors (Lipinski definition) is 1. The molecule has 2 N–H and O–H groups in total. The molecule has 120 valence electrons. The zero-order chi connectivity index (χ0) is 16.0. The first-order valence-electron chi connectivity index (χ1n) is 6.96. The third kappa shape index (κ3) is 4.74. The summed E-state index contributed by atoms with van der Waals surface area (Å²) in [6.07, 6.45) is 0.716. The number of rotatable bonds is 8. The van der Waals surface area contributed by atoms with Crippen molar-refractivity contribution in [2.75, 3.05) is 33.7 Å². The van der Waals surface area contributed by atoms with E-state index in [1.165, 1.54) is 16.4 Å². The van der Waals surface area contributed by atoms with E-state index in [-0.39, 0.29) is 11.4 Å². The van der Waals surface area contributed by atoms with Gasteiger partial charge in [0.15, 0.2) is 0 Å². The topological polar surface area (TPSA) is 66.6 Å². The molecule has 0 fully saturated rings.